The molecule has 5 aromatic rings. The standard InChI is InChI=1S/C43H51ClN6O7/c1-25-19-34(46-41(55-5)32(25)22-48(2)27-15-13-26(14-16-27)43(52)53)30-11-7-10-29(40(30)44)28-9-8-12-35-31(28)21-45-50(35)39-20-38(54-4)33(42(47-39)56-6)23-49(3)36-17-18-57-24-37(36)51/h7-12,19-21,26-27,36-37,51H,13-18,22-24H2,1-6H3,(H,52,53)/t26?,27?,36-,37+/m1/s1. The number of aryl methyl sites for hydroxylation is 1. The van der Waals surface area contributed by atoms with Gasteiger partial charge in [0.15, 0.2) is 5.82 Å². The number of aliphatic carboxylic acids is 1. The molecule has 1 saturated carbocycles. The van der Waals surface area contributed by atoms with E-state index in [-0.39, 0.29) is 12.0 Å². The molecule has 4 heterocycles. The van der Waals surface area contributed by atoms with Crippen molar-refractivity contribution in [2.24, 2.45) is 5.92 Å². The summed E-state index contributed by atoms with van der Waals surface area (Å²) in [6, 6.07) is 16.1. The average molecular weight is 799 g/mol. The number of aliphatic hydroxyl groups is 1. The molecule has 3 aromatic heterocycles. The topological polar surface area (TPSA) is 145 Å². The monoisotopic (exact) mass is 798 g/mol. The Morgan fingerprint density at radius 3 is 2.28 bits per heavy atom. The third kappa shape index (κ3) is 8.17. The van der Waals surface area contributed by atoms with Crippen LogP contribution in [0.3, 0.4) is 0 Å². The second-order valence-corrected chi connectivity index (χ2v) is 15.5. The highest BCUT2D eigenvalue weighted by Gasteiger charge is 2.31. The first-order valence-corrected chi connectivity index (χ1v) is 19.7. The summed E-state index contributed by atoms with van der Waals surface area (Å²) in [6.07, 6.45) is 5.03. The highest BCUT2D eigenvalue weighted by Crippen LogP contribution is 2.41. The van der Waals surface area contributed by atoms with Gasteiger partial charge in [0, 0.05) is 59.9 Å². The van der Waals surface area contributed by atoms with Crippen molar-refractivity contribution in [3.8, 4) is 45.7 Å². The summed E-state index contributed by atoms with van der Waals surface area (Å²) in [5.74, 6) is 1.12. The number of fused-ring (bicyclic) bond motifs is 1. The molecule has 7 rings (SSSR count). The Morgan fingerprint density at radius 1 is 0.895 bits per heavy atom. The van der Waals surface area contributed by atoms with Crippen molar-refractivity contribution in [1.29, 1.82) is 0 Å². The number of aromatic nitrogens is 4. The van der Waals surface area contributed by atoms with Crippen LogP contribution in [0.5, 0.6) is 17.5 Å². The fourth-order valence-corrected chi connectivity index (χ4v) is 8.75. The molecule has 2 aliphatic rings. The summed E-state index contributed by atoms with van der Waals surface area (Å²) < 4.78 is 24.8. The number of hydrogen-bond donors (Lipinski definition) is 2. The van der Waals surface area contributed by atoms with Crippen LogP contribution in [0.1, 0.15) is 48.8 Å². The maximum Gasteiger partial charge on any atom is 0.306 e. The van der Waals surface area contributed by atoms with Gasteiger partial charge in [-0.15, -0.1) is 0 Å². The molecule has 13 nitrogen and oxygen atoms in total. The van der Waals surface area contributed by atoms with Gasteiger partial charge in [0.05, 0.1) is 68.0 Å². The zero-order valence-corrected chi connectivity index (χ0v) is 34.1. The molecule has 1 aliphatic carbocycles. The molecule has 2 N–H and O–H groups in total. The van der Waals surface area contributed by atoms with Crippen molar-refractivity contribution in [1.82, 2.24) is 29.5 Å². The van der Waals surface area contributed by atoms with E-state index in [9.17, 15) is 15.0 Å². The molecule has 0 amide bonds. The van der Waals surface area contributed by atoms with E-state index in [1.54, 1.807) is 26.0 Å². The van der Waals surface area contributed by atoms with Gasteiger partial charge in [-0.2, -0.15) is 10.1 Å². The van der Waals surface area contributed by atoms with Crippen molar-refractivity contribution >= 4 is 28.5 Å². The van der Waals surface area contributed by atoms with Crippen LogP contribution in [0.15, 0.2) is 54.7 Å². The number of nitrogens with zero attached hydrogens (tertiary/aromatic N) is 6. The van der Waals surface area contributed by atoms with Crippen LogP contribution in [0.4, 0.5) is 0 Å². The Hall–Kier alpha value is -4.79. The Kier molecular flexibility index (Phi) is 12.3. The number of benzene rings is 2. The van der Waals surface area contributed by atoms with Crippen LogP contribution >= 0.6 is 11.6 Å². The second-order valence-electron chi connectivity index (χ2n) is 15.1. The van der Waals surface area contributed by atoms with Gasteiger partial charge in [0.25, 0.3) is 0 Å². The SMILES string of the molecule is COc1cc(-n2ncc3c(-c4cccc(-c5cc(C)c(CN(C)C6CCC(C(=O)O)CC6)c(OC)n5)c4Cl)cccc32)nc(OC)c1CN(C)[C@@H]1CCOC[C@@H]1O. The Balaban J connectivity index is 1.18. The Morgan fingerprint density at radius 2 is 1.58 bits per heavy atom. The first kappa shape index (κ1) is 40.4. The quantitative estimate of drug-likeness (QED) is 0.129. The molecule has 14 heteroatoms. The summed E-state index contributed by atoms with van der Waals surface area (Å²) in [4.78, 5) is 25.7. The molecule has 0 spiro atoms. The van der Waals surface area contributed by atoms with Gasteiger partial charge in [0.2, 0.25) is 11.8 Å². The molecule has 1 saturated heterocycles. The molecule has 2 atom stereocenters. The van der Waals surface area contributed by atoms with E-state index in [1.807, 2.05) is 55.7 Å². The molecule has 0 unspecified atom stereocenters. The van der Waals surface area contributed by atoms with E-state index in [4.69, 9.17) is 45.6 Å². The zero-order valence-electron chi connectivity index (χ0n) is 33.4. The van der Waals surface area contributed by atoms with Gasteiger partial charge in [-0.05, 0) is 76.4 Å². The van der Waals surface area contributed by atoms with Crippen molar-refractivity contribution in [2.75, 3.05) is 48.6 Å². The van der Waals surface area contributed by atoms with E-state index in [0.29, 0.717) is 79.2 Å². The predicted octanol–water partition coefficient (Wildman–Crippen LogP) is 6.79. The van der Waals surface area contributed by atoms with E-state index in [0.717, 1.165) is 63.5 Å². The molecule has 2 fully saturated rings. The van der Waals surface area contributed by atoms with Crippen LogP contribution in [-0.4, -0.2) is 113 Å². The molecular weight excluding hydrogens is 748 g/mol. The van der Waals surface area contributed by atoms with Crippen molar-refractivity contribution in [3.63, 3.8) is 0 Å². The normalized spacial score (nSPS) is 20.0. The molecule has 1 aliphatic heterocycles. The van der Waals surface area contributed by atoms with Crippen LogP contribution < -0.4 is 14.2 Å². The summed E-state index contributed by atoms with van der Waals surface area (Å²) in [6.45, 7) is 4.06. The van der Waals surface area contributed by atoms with Crippen LogP contribution in [0.2, 0.25) is 5.02 Å². The number of methoxy groups -OCH3 is 3. The maximum atomic E-state index is 11.5. The third-order valence-electron chi connectivity index (χ3n) is 11.7. The molecule has 2 aromatic carbocycles. The van der Waals surface area contributed by atoms with E-state index >= 15 is 0 Å². The summed E-state index contributed by atoms with van der Waals surface area (Å²) in [5, 5.41) is 26.2. The van der Waals surface area contributed by atoms with Gasteiger partial charge < -0.3 is 29.2 Å². The summed E-state index contributed by atoms with van der Waals surface area (Å²) in [7, 11) is 8.89. The van der Waals surface area contributed by atoms with Crippen molar-refractivity contribution < 1.29 is 34.0 Å². The number of aliphatic hydroxyl groups excluding tert-OH is 1. The first-order chi connectivity index (χ1) is 27.5. The lowest BCUT2D eigenvalue weighted by Gasteiger charge is -2.35. The molecule has 57 heavy (non-hydrogen) atoms. The van der Waals surface area contributed by atoms with Crippen molar-refractivity contribution in [2.45, 2.75) is 70.3 Å². The maximum absolute atomic E-state index is 11.5. The highest BCUT2D eigenvalue weighted by molar-refractivity contribution is 6.36. The number of halogens is 1. The van der Waals surface area contributed by atoms with Crippen LogP contribution in [-0.2, 0) is 22.6 Å². The Labute approximate surface area is 338 Å². The zero-order chi connectivity index (χ0) is 40.4. The van der Waals surface area contributed by atoms with Crippen LogP contribution in [0.25, 0.3) is 39.1 Å². The smallest absolute Gasteiger partial charge is 0.306 e. The largest absolute Gasteiger partial charge is 0.496 e. The van der Waals surface area contributed by atoms with Gasteiger partial charge in [0.1, 0.15) is 5.75 Å². The molecule has 0 bridgehead atoms. The fraction of sp³-hybridized carbons (Fsp3) is 0.442. The number of carboxylic acid groups (broad SMARTS) is 1. The van der Waals surface area contributed by atoms with Gasteiger partial charge in [-0.1, -0.05) is 41.9 Å². The molecular formula is C43H51ClN6O7. The van der Waals surface area contributed by atoms with Crippen LogP contribution in [0, 0.1) is 12.8 Å². The number of ether oxygens (including phenoxy) is 4. The van der Waals surface area contributed by atoms with Gasteiger partial charge in [-0.3, -0.25) is 14.6 Å². The Bertz CT molecular complexity index is 2210. The fourth-order valence-electron chi connectivity index (χ4n) is 8.43. The van der Waals surface area contributed by atoms with E-state index in [2.05, 4.69) is 29.8 Å². The molecule has 302 valence electrons. The number of hydrogen-bond acceptors (Lipinski definition) is 11. The lowest BCUT2D eigenvalue weighted by molar-refractivity contribution is -0.143. The number of carboxylic acids is 1. The highest BCUT2D eigenvalue weighted by atomic mass is 35.5. The number of pyridine rings is 2. The van der Waals surface area contributed by atoms with Gasteiger partial charge >= 0.3 is 5.97 Å². The predicted molar refractivity (Wildman–Crippen MR) is 218 cm³/mol. The number of carbonyl (C=O) groups is 1. The first-order valence-electron chi connectivity index (χ1n) is 19.3. The van der Waals surface area contributed by atoms with E-state index in [1.165, 1.54) is 0 Å². The number of likely N-dealkylation sites (N-methyl/N-ethyl adjacent to an activating group) is 1. The second kappa shape index (κ2) is 17.4. The molecule has 0 radical (unpaired) electrons. The summed E-state index contributed by atoms with van der Waals surface area (Å²) >= 11 is 7.28. The van der Waals surface area contributed by atoms with Crippen molar-refractivity contribution in [3.05, 3.63) is 76.4 Å². The minimum atomic E-state index is -0.697. The average Bonchev–Trinajstić information content (AvgIpc) is 3.66. The summed E-state index contributed by atoms with van der Waals surface area (Å²) in [5.41, 5.74) is 6.82. The van der Waals surface area contributed by atoms with Gasteiger partial charge in [-0.25, -0.2) is 9.67 Å². The third-order valence-corrected chi connectivity index (χ3v) is 12.1. The lowest BCUT2D eigenvalue weighted by atomic mass is 9.85. The minimum Gasteiger partial charge on any atom is -0.496 e. The lowest BCUT2D eigenvalue weighted by Crippen LogP contribution is -2.47. The number of rotatable bonds is 13. The minimum absolute atomic E-state index is 0.0657. The van der Waals surface area contributed by atoms with E-state index < -0.39 is 12.1 Å².